The molecule has 1 saturated heterocycles. The summed E-state index contributed by atoms with van der Waals surface area (Å²) in [7, 11) is 0. The van der Waals surface area contributed by atoms with Gasteiger partial charge in [-0.15, -0.1) is 0 Å². The number of alkyl halides is 3. The predicted octanol–water partition coefficient (Wildman–Crippen LogP) is 2.50. The molecule has 1 aromatic rings. The molecule has 0 aliphatic carbocycles. The van der Waals surface area contributed by atoms with Crippen molar-refractivity contribution >= 4 is 0 Å². The number of hydrogen-bond acceptors (Lipinski definition) is 2. The van der Waals surface area contributed by atoms with Gasteiger partial charge in [0.2, 0.25) is 0 Å². The lowest BCUT2D eigenvalue weighted by atomic mass is 9.86. The number of piperidine rings is 1. The summed E-state index contributed by atoms with van der Waals surface area (Å²) in [5.74, 6) is 0.193. The first-order valence-corrected chi connectivity index (χ1v) is 6.04. The van der Waals surface area contributed by atoms with Crippen LogP contribution in [-0.4, -0.2) is 18.6 Å². The summed E-state index contributed by atoms with van der Waals surface area (Å²) < 4.78 is 37.3. The summed E-state index contributed by atoms with van der Waals surface area (Å²) in [5, 5.41) is 3.28. The lowest BCUT2D eigenvalue weighted by molar-refractivity contribution is -0.137. The molecule has 3 unspecified atom stereocenters. The third-order valence-electron chi connectivity index (χ3n) is 3.59. The molecule has 1 aliphatic heterocycles. The number of hydrogen-bond donors (Lipinski definition) is 2. The highest BCUT2D eigenvalue weighted by Crippen LogP contribution is 2.31. The zero-order chi connectivity index (χ0) is 13.3. The predicted molar refractivity (Wildman–Crippen MR) is 64.2 cm³/mol. The first-order valence-electron chi connectivity index (χ1n) is 6.04. The van der Waals surface area contributed by atoms with Crippen molar-refractivity contribution in [2.75, 3.05) is 6.54 Å². The summed E-state index contributed by atoms with van der Waals surface area (Å²) in [6, 6.07) is 5.69. The molecule has 1 fully saturated rings. The molecule has 100 valence electrons. The van der Waals surface area contributed by atoms with Gasteiger partial charge < -0.3 is 11.1 Å². The van der Waals surface area contributed by atoms with Crippen molar-refractivity contribution in [2.24, 2.45) is 5.73 Å². The molecule has 3 N–H and O–H groups in total. The first kappa shape index (κ1) is 13.4. The Labute approximate surface area is 104 Å². The minimum Gasteiger partial charge on any atom is -0.326 e. The van der Waals surface area contributed by atoms with Gasteiger partial charge in [0.1, 0.15) is 0 Å². The fourth-order valence-corrected chi connectivity index (χ4v) is 2.29. The zero-order valence-corrected chi connectivity index (χ0v) is 10.2. The Kier molecular flexibility index (Phi) is 3.64. The van der Waals surface area contributed by atoms with Crippen molar-refractivity contribution in [1.82, 2.24) is 5.32 Å². The van der Waals surface area contributed by atoms with Gasteiger partial charge in [-0.3, -0.25) is 0 Å². The van der Waals surface area contributed by atoms with Crippen LogP contribution in [0.25, 0.3) is 0 Å². The van der Waals surface area contributed by atoms with Crippen molar-refractivity contribution in [3.63, 3.8) is 0 Å². The van der Waals surface area contributed by atoms with E-state index in [0.717, 1.165) is 30.7 Å². The van der Waals surface area contributed by atoms with E-state index in [-0.39, 0.29) is 18.0 Å². The van der Waals surface area contributed by atoms with Crippen molar-refractivity contribution < 1.29 is 13.2 Å². The molecule has 18 heavy (non-hydrogen) atoms. The molecule has 3 atom stereocenters. The van der Waals surface area contributed by atoms with Crippen LogP contribution >= 0.6 is 0 Å². The summed E-state index contributed by atoms with van der Waals surface area (Å²) >= 11 is 0. The summed E-state index contributed by atoms with van der Waals surface area (Å²) in [6.45, 7) is 2.79. The highest BCUT2D eigenvalue weighted by atomic mass is 19.4. The van der Waals surface area contributed by atoms with E-state index in [4.69, 9.17) is 5.73 Å². The Morgan fingerprint density at radius 2 is 1.83 bits per heavy atom. The summed E-state index contributed by atoms with van der Waals surface area (Å²) in [6.07, 6.45) is -3.46. The van der Waals surface area contributed by atoms with Gasteiger partial charge >= 0.3 is 6.18 Å². The van der Waals surface area contributed by atoms with E-state index in [1.807, 2.05) is 6.92 Å². The maximum absolute atomic E-state index is 12.4. The molecule has 1 aliphatic rings. The Bertz CT molecular complexity index is 400. The van der Waals surface area contributed by atoms with Crippen LogP contribution in [0.5, 0.6) is 0 Å². The highest BCUT2D eigenvalue weighted by molar-refractivity contribution is 5.28. The highest BCUT2D eigenvalue weighted by Gasteiger charge is 2.31. The zero-order valence-electron chi connectivity index (χ0n) is 10.2. The van der Waals surface area contributed by atoms with Crippen molar-refractivity contribution in [2.45, 2.75) is 37.5 Å². The van der Waals surface area contributed by atoms with Gasteiger partial charge in [-0.25, -0.2) is 0 Å². The summed E-state index contributed by atoms with van der Waals surface area (Å²) in [5.41, 5.74) is 6.27. The molecule has 1 aromatic carbocycles. The Balaban J connectivity index is 2.11. The summed E-state index contributed by atoms with van der Waals surface area (Å²) in [4.78, 5) is 0. The van der Waals surface area contributed by atoms with Crippen LogP contribution in [0.4, 0.5) is 13.2 Å². The third kappa shape index (κ3) is 2.84. The van der Waals surface area contributed by atoms with Crippen LogP contribution < -0.4 is 11.1 Å². The second-order valence-corrected chi connectivity index (χ2v) is 4.91. The van der Waals surface area contributed by atoms with Crippen LogP contribution in [0.3, 0.4) is 0 Å². The number of benzene rings is 1. The molecule has 0 saturated carbocycles. The second-order valence-electron chi connectivity index (χ2n) is 4.91. The SMILES string of the molecule is CC1NCC(c2ccc(C(F)(F)F)cc2)CC1N. The van der Waals surface area contributed by atoms with Crippen LogP contribution in [0.2, 0.25) is 0 Å². The monoisotopic (exact) mass is 258 g/mol. The van der Waals surface area contributed by atoms with E-state index in [2.05, 4.69) is 5.32 Å². The van der Waals surface area contributed by atoms with E-state index in [1.165, 1.54) is 0 Å². The number of nitrogens with two attached hydrogens (primary N) is 1. The van der Waals surface area contributed by atoms with E-state index in [0.29, 0.717) is 0 Å². The van der Waals surface area contributed by atoms with Gasteiger partial charge in [-0.2, -0.15) is 13.2 Å². The second kappa shape index (κ2) is 4.90. The van der Waals surface area contributed by atoms with Crippen LogP contribution in [0, 0.1) is 0 Å². The van der Waals surface area contributed by atoms with Crippen molar-refractivity contribution in [3.05, 3.63) is 35.4 Å². The van der Waals surface area contributed by atoms with Gasteiger partial charge in [0, 0.05) is 18.6 Å². The van der Waals surface area contributed by atoms with Gasteiger partial charge in [0.25, 0.3) is 0 Å². The molecule has 1 heterocycles. The molecule has 2 nitrogen and oxygen atoms in total. The van der Waals surface area contributed by atoms with Crippen LogP contribution in [-0.2, 0) is 6.18 Å². The Morgan fingerprint density at radius 1 is 1.22 bits per heavy atom. The molecule has 2 rings (SSSR count). The van der Waals surface area contributed by atoms with Crippen molar-refractivity contribution in [1.29, 1.82) is 0 Å². The lowest BCUT2D eigenvalue weighted by Crippen LogP contribution is -2.50. The largest absolute Gasteiger partial charge is 0.416 e. The Hall–Kier alpha value is -1.07. The quantitative estimate of drug-likeness (QED) is 0.812. The van der Waals surface area contributed by atoms with Crippen molar-refractivity contribution in [3.8, 4) is 0 Å². The fourth-order valence-electron chi connectivity index (χ4n) is 2.29. The normalized spacial score (nSPS) is 29.3. The van der Waals surface area contributed by atoms with Gasteiger partial charge in [0.15, 0.2) is 0 Å². The van der Waals surface area contributed by atoms with Crippen LogP contribution in [0.1, 0.15) is 30.4 Å². The molecule has 0 radical (unpaired) electrons. The standard InChI is InChI=1S/C13H17F3N2/c1-8-12(17)6-10(7-18-8)9-2-4-11(5-3-9)13(14,15)16/h2-5,8,10,12,18H,6-7,17H2,1H3. The number of nitrogens with one attached hydrogen (secondary N) is 1. The van der Waals surface area contributed by atoms with Gasteiger partial charge in [0.05, 0.1) is 5.56 Å². The van der Waals surface area contributed by atoms with E-state index >= 15 is 0 Å². The molecule has 5 heteroatoms. The molecule has 0 amide bonds. The number of rotatable bonds is 1. The lowest BCUT2D eigenvalue weighted by Gasteiger charge is -2.33. The maximum Gasteiger partial charge on any atom is 0.416 e. The molecule has 0 aromatic heterocycles. The van der Waals surface area contributed by atoms with Gasteiger partial charge in [-0.05, 0) is 37.0 Å². The maximum atomic E-state index is 12.4. The average molecular weight is 258 g/mol. The average Bonchev–Trinajstić information content (AvgIpc) is 2.32. The van der Waals surface area contributed by atoms with E-state index in [9.17, 15) is 13.2 Å². The molecular formula is C13H17F3N2. The topological polar surface area (TPSA) is 38.0 Å². The minimum absolute atomic E-state index is 0.0473. The third-order valence-corrected chi connectivity index (χ3v) is 3.59. The number of halogens is 3. The molecule has 0 bridgehead atoms. The van der Waals surface area contributed by atoms with E-state index < -0.39 is 11.7 Å². The van der Waals surface area contributed by atoms with Gasteiger partial charge in [-0.1, -0.05) is 12.1 Å². The molecule has 0 spiro atoms. The Morgan fingerprint density at radius 3 is 2.33 bits per heavy atom. The van der Waals surface area contributed by atoms with Crippen LogP contribution in [0.15, 0.2) is 24.3 Å². The minimum atomic E-state index is -4.27. The first-order chi connectivity index (χ1) is 8.38. The smallest absolute Gasteiger partial charge is 0.326 e. The fraction of sp³-hybridized carbons (Fsp3) is 0.538. The van der Waals surface area contributed by atoms with E-state index in [1.54, 1.807) is 12.1 Å². The molecular weight excluding hydrogens is 241 g/mol.